The lowest BCUT2D eigenvalue weighted by Crippen LogP contribution is -2.14. The molecule has 9 heteroatoms. The summed E-state index contributed by atoms with van der Waals surface area (Å²) in [5.41, 5.74) is 0.562. The monoisotopic (exact) mass is 393 g/mol. The van der Waals surface area contributed by atoms with Gasteiger partial charge in [0, 0.05) is 5.02 Å². The van der Waals surface area contributed by atoms with Gasteiger partial charge in [0.1, 0.15) is 0 Å². The molecule has 0 aliphatic rings. The number of hydrogen-bond donors (Lipinski definition) is 1. The van der Waals surface area contributed by atoms with Gasteiger partial charge in [-0.15, -0.1) is 0 Å². The summed E-state index contributed by atoms with van der Waals surface area (Å²) < 4.78 is 46.1. The Balaban J connectivity index is 1.79. The minimum atomic E-state index is -3.86. The zero-order chi connectivity index (χ0) is 18.7. The van der Waals surface area contributed by atoms with Crippen molar-refractivity contribution >= 4 is 27.3 Å². The highest BCUT2D eigenvalue weighted by Crippen LogP contribution is 2.25. The van der Waals surface area contributed by atoms with Gasteiger partial charge >= 0.3 is 6.01 Å². The van der Waals surface area contributed by atoms with Crippen molar-refractivity contribution in [1.29, 1.82) is 0 Å². The highest BCUT2D eigenvalue weighted by Gasteiger charge is 2.18. The maximum absolute atomic E-state index is 13.6. The third-order valence-electron chi connectivity index (χ3n) is 3.43. The van der Waals surface area contributed by atoms with Crippen molar-refractivity contribution in [2.75, 3.05) is 4.72 Å². The van der Waals surface area contributed by atoms with E-state index >= 15 is 0 Å². The minimum absolute atomic E-state index is 0.0321. The SMILES string of the molecule is Cc1c(Cl)cccc1S(=O)(=O)Nc1cnc(Oc2ccccc2F)nc1. The van der Waals surface area contributed by atoms with Crippen LogP contribution in [0.1, 0.15) is 5.56 Å². The van der Waals surface area contributed by atoms with Gasteiger partial charge in [0.15, 0.2) is 11.6 Å². The molecule has 1 aromatic heterocycles. The topological polar surface area (TPSA) is 81.2 Å². The van der Waals surface area contributed by atoms with Crippen molar-refractivity contribution in [3.05, 3.63) is 71.3 Å². The fourth-order valence-corrected chi connectivity index (χ4v) is 3.66. The molecule has 0 radical (unpaired) electrons. The van der Waals surface area contributed by atoms with Gasteiger partial charge in [-0.1, -0.05) is 29.8 Å². The lowest BCUT2D eigenvalue weighted by molar-refractivity contribution is 0.411. The van der Waals surface area contributed by atoms with Crippen LogP contribution in [0.15, 0.2) is 59.8 Å². The number of halogens is 2. The van der Waals surface area contributed by atoms with Crippen LogP contribution in [-0.2, 0) is 10.0 Å². The van der Waals surface area contributed by atoms with Crippen molar-refractivity contribution < 1.29 is 17.5 Å². The van der Waals surface area contributed by atoms with Gasteiger partial charge in [-0.05, 0) is 36.8 Å². The fourth-order valence-electron chi connectivity index (χ4n) is 2.14. The summed E-state index contributed by atoms with van der Waals surface area (Å²) in [5, 5.41) is 0.345. The number of para-hydroxylation sites is 1. The number of benzene rings is 2. The summed E-state index contributed by atoms with van der Waals surface area (Å²) in [6, 6.07) is 10.3. The summed E-state index contributed by atoms with van der Waals surface area (Å²) in [5.74, 6) is -0.590. The molecule has 0 bridgehead atoms. The van der Waals surface area contributed by atoms with E-state index in [-0.39, 0.29) is 22.3 Å². The molecule has 0 atom stereocenters. The Bertz CT molecular complexity index is 1040. The highest BCUT2D eigenvalue weighted by molar-refractivity contribution is 7.92. The molecule has 0 unspecified atom stereocenters. The zero-order valence-electron chi connectivity index (χ0n) is 13.5. The number of rotatable bonds is 5. The summed E-state index contributed by atoms with van der Waals surface area (Å²) >= 11 is 5.97. The molecule has 0 saturated carbocycles. The molecule has 3 aromatic rings. The number of aromatic nitrogens is 2. The average molecular weight is 394 g/mol. The first kappa shape index (κ1) is 18.1. The smallest absolute Gasteiger partial charge is 0.322 e. The Kier molecular flexibility index (Phi) is 5.06. The van der Waals surface area contributed by atoms with Gasteiger partial charge in [0.05, 0.1) is 23.0 Å². The van der Waals surface area contributed by atoms with Crippen LogP contribution in [0.3, 0.4) is 0 Å². The molecule has 0 amide bonds. The Morgan fingerprint density at radius 2 is 1.77 bits per heavy atom. The molecule has 0 saturated heterocycles. The van der Waals surface area contributed by atoms with Crippen molar-refractivity contribution in [3.63, 3.8) is 0 Å². The molecule has 26 heavy (non-hydrogen) atoms. The van der Waals surface area contributed by atoms with E-state index in [9.17, 15) is 12.8 Å². The second-order valence-corrected chi connectivity index (χ2v) is 7.31. The van der Waals surface area contributed by atoms with Crippen LogP contribution in [0.2, 0.25) is 5.02 Å². The van der Waals surface area contributed by atoms with Crippen LogP contribution >= 0.6 is 11.6 Å². The molecule has 134 valence electrons. The van der Waals surface area contributed by atoms with Gasteiger partial charge in [-0.25, -0.2) is 22.8 Å². The second kappa shape index (κ2) is 7.27. The van der Waals surface area contributed by atoms with Crippen molar-refractivity contribution in [1.82, 2.24) is 9.97 Å². The van der Waals surface area contributed by atoms with Crippen LogP contribution in [0.4, 0.5) is 10.1 Å². The second-order valence-electron chi connectivity index (χ2n) is 5.26. The van der Waals surface area contributed by atoms with Crippen molar-refractivity contribution in [3.8, 4) is 11.8 Å². The molecule has 1 heterocycles. The summed E-state index contributed by atoms with van der Waals surface area (Å²) in [6.45, 7) is 1.61. The maximum atomic E-state index is 13.6. The van der Waals surface area contributed by atoms with Crippen LogP contribution < -0.4 is 9.46 Å². The molecule has 2 aromatic carbocycles. The normalized spacial score (nSPS) is 11.2. The molecule has 3 rings (SSSR count). The van der Waals surface area contributed by atoms with E-state index in [0.717, 1.165) is 0 Å². The standard InChI is InChI=1S/C17H13ClFN3O3S/c1-11-13(18)5-4-8-16(11)26(23,24)22-12-9-20-17(21-10-12)25-15-7-3-2-6-14(15)19/h2-10,22H,1H3. The van der Waals surface area contributed by atoms with Crippen molar-refractivity contribution in [2.24, 2.45) is 0 Å². The Morgan fingerprint density at radius 1 is 1.08 bits per heavy atom. The third kappa shape index (κ3) is 3.92. The largest absolute Gasteiger partial charge is 0.421 e. The third-order valence-corrected chi connectivity index (χ3v) is 5.36. The van der Waals surface area contributed by atoms with E-state index < -0.39 is 15.8 Å². The number of anilines is 1. The minimum Gasteiger partial charge on any atom is -0.421 e. The number of nitrogens with zero attached hydrogens (tertiary/aromatic N) is 2. The highest BCUT2D eigenvalue weighted by atomic mass is 35.5. The molecule has 0 aliphatic carbocycles. The number of nitrogens with one attached hydrogen (secondary N) is 1. The first-order chi connectivity index (χ1) is 12.4. The average Bonchev–Trinajstić information content (AvgIpc) is 2.60. The lowest BCUT2D eigenvalue weighted by Gasteiger charge is -2.11. The van der Waals surface area contributed by atoms with Gasteiger partial charge in [-0.2, -0.15) is 0 Å². The van der Waals surface area contributed by atoms with E-state index in [1.54, 1.807) is 25.1 Å². The van der Waals surface area contributed by atoms with Gasteiger partial charge in [0.25, 0.3) is 10.0 Å². The van der Waals surface area contributed by atoms with Crippen LogP contribution in [0.25, 0.3) is 0 Å². The van der Waals surface area contributed by atoms with E-state index in [1.165, 1.54) is 36.7 Å². The number of ether oxygens (including phenoxy) is 1. The van der Waals surface area contributed by atoms with E-state index in [4.69, 9.17) is 16.3 Å². The predicted octanol–water partition coefficient (Wildman–Crippen LogP) is 4.17. The first-order valence-electron chi connectivity index (χ1n) is 7.39. The zero-order valence-corrected chi connectivity index (χ0v) is 15.1. The first-order valence-corrected chi connectivity index (χ1v) is 9.25. The maximum Gasteiger partial charge on any atom is 0.322 e. The summed E-state index contributed by atoms with van der Waals surface area (Å²) in [6.07, 6.45) is 2.45. The number of sulfonamides is 1. The Morgan fingerprint density at radius 3 is 2.46 bits per heavy atom. The summed E-state index contributed by atoms with van der Waals surface area (Å²) in [4.78, 5) is 7.81. The van der Waals surface area contributed by atoms with Crippen LogP contribution in [-0.4, -0.2) is 18.4 Å². The molecule has 0 aliphatic heterocycles. The van der Waals surface area contributed by atoms with E-state index in [1.807, 2.05) is 0 Å². The van der Waals surface area contributed by atoms with Gasteiger partial charge in [0.2, 0.25) is 0 Å². The molecule has 0 spiro atoms. The van der Waals surface area contributed by atoms with Crippen LogP contribution in [0.5, 0.6) is 11.8 Å². The van der Waals surface area contributed by atoms with Crippen molar-refractivity contribution in [2.45, 2.75) is 11.8 Å². The molecule has 1 N–H and O–H groups in total. The van der Waals surface area contributed by atoms with Gasteiger partial charge in [-0.3, -0.25) is 4.72 Å². The molecule has 0 fully saturated rings. The Labute approximate surface area is 154 Å². The molecule has 6 nitrogen and oxygen atoms in total. The molecular weight excluding hydrogens is 381 g/mol. The van der Waals surface area contributed by atoms with Crippen LogP contribution in [0, 0.1) is 12.7 Å². The van der Waals surface area contributed by atoms with Gasteiger partial charge < -0.3 is 4.74 Å². The lowest BCUT2D eigenvalue weighted by atomic mass is 10.2. The van der Waals surface area contributed by atoms with E-state index in [2.05, 4.69) is 14.7 Å². The summed E-state index contributed by atoms with van der Waals surface area (Å²) in [7, 11) is -3.86. The van der Waals surface area contributed by atoms with E-state index in [0.29, 0.717) is 10.6 Å². The fraction of sp³-hybridized carbons (Fsp3) is 0.0588. The number of hydrogen-bond acceptors (Lipinski definition) is 5. The molecular formula is C17H13ClFN3O3S. The predicted molar refractivity (Wildman–Crippen MR) is 95.5 cm³/mol. The Hall–Kier alpha value is -2.71. The quantitative estimate of drug-likeness (QED) is 0.703.